The zero-order chi connectivity index (χ0) is 15.0. The van der Waals surface area contributed by atoms with Gasteiger partial charge in [-0.1, -0.05) is 38.8 Å². The van der Waals surface area contributed by atoms with Crippen molar-refractivity contribution in [2.75, 3.05) is 6.54 Å². The molecule has 2 nitrogen and oxygen atoms in total. The SMILES string of the molecule is CCNC(c1ccc2c(c1)CC(C)(C)O2)C1CCCC1C. The van der Waals surface area contributed by atoms with Crippen LogP contribution in [0.3, 0.4) is 0 Å². The summed E-state index contributed by atoms with van der Waals surface area (Å²) in [6.07, 6.45) is 5.15. The van der Waals surface area contributed by atoms with Crippen LogP contribution in [0.15, 0.2) is 18.2 Å². The van der Waals surface area contributed by atoms with Gasteiger partial charge >= 0.3 is 0 Å². The van der Waals surface area contributed by atoms with Crippen molar-refractivity contribution in [1.82, 2.24) is 5.32 Å². The highest BCUT2D eigenvalue weighted by molar-refractivity contribution is 5.43. The fraction of sp³-hybridized carbons (Fsp3) is 0.684. The van der Waals surface area contributed by atoms with E-state index in [9.17, 15) is 0 Å². The van der Waals surface area contributed by atoms with Crippen LogP contribution in [-0.4, -0.2) is 12.1 Å². The molecule has 3 unspecified atom stereocenters. The predicted molar refractivity (Wildman–Crippen MR) is 87.8 cm³/mol. The molecular weight excluding hydrogens is 258 g/mol. The van der Waals surface area contributed by atoms with Crippen molar-refractivity contribution in [3.8, 4) is 5.75 Å². The van der Waals surface area contributed by atoms with Crippen LogP contribution in [-0.2, 0) is 6.42 Å². The quantitative estimate of drug-likeness (QED) is 0.881. The third kappa shape index (κ3) is 2.96. The third-order valence-corrected chi connectivity index (χ3v) is 5.23. The predicted octanol–water partition coefficient (Wildman–Crippen LogP) is 4.49. The van der Waals surface area contributed by atoms with Gasteiger partial charge in [-0.15, -0.1) is 0 Å². The maximum Gasteiger partial charge on any atom is 0.123 e. The minimum atomic E-state index is -0.0463. The van der Waals surface area contributed by atoms with Gasteiger partial charge in [-0.2, -0.15) is 0 Å². The van der Waals surface area contributed by atoms with Gasteiger partial charge in [0.2, 0.25) is 0 Å². The number of fused-ring (bicyclic) bond motifs is 1. The van der Waals surface area contributed by atoms with Crippen LogP contribution in [0.1, 0.15) is 64.1 Å². The second-order valence-electron chi connectivity index (χ2n) is 7.51. The summed E-state index contributed by atoms with van der Waals surface area (Å²) in [5.74, 6) is 2.69. The summed E-state index contributed by atoms with van der Waals surface area (Å²) in [7, 11) is 0. The number of nitrogens with one attached hydrogen (secondary N) is 1. The normalized spacial score (nSPS) is 28.2. The Bertz CT molecular complexity index is 508. The molecule has 3 rings (SSSR count). The highest BCUT2D eigenvalue weighted by atomic mass is 16.5. The molecule has 1 heterocycles. The molecular formula is C19H29NO. The van der Waals surface area contributed by atoms with Crippen molar-refractivity contribution < 1.29 is 4.74 Å². The Morgan fingerprint density at radius 1 is 1.33 bits per heavy atom. The summed E-state index contributed by atoms with van der Waals surface area (Å²) in [6.45, 7) is 10.0. The van der Waals surface area contributed by atoms with E-state index >= 15 is 0 Å². The van der Waals surface area contributed by atoms with E-state index in [-0.39, 0.29) is 5.60 Å². The summed E-state index contributed by atoms with van der Waals surface area (Å²) in [5.41, 5.74) is 2.79. The lowest BCUT2D eigenvalue weighted by atomic mass is 9.85. The molecule has 1 aromatic rings. The van der Waals surface area contributed by atoms with Gasteiger partial charge in [0.15, 0.2) is 0 Å². The first-order valence-corrected chi connectivity index (χ1v) is 8.55. The van der Waals surface area contributed by atoms with Gasteiger partial charge in [0.25, 0.3) is 0 Å². The molecule has 1 aromatic carbocycles. The average Bonchev–Trinajstić information content (AvgIpc) is 2.96. The molecule has 0 bridgehead atoms. The van der Waals surface area contributed by atoms with Gasteiger partial charge in [-0.3, -0.25) is 0 Å². The maximum atomic E-state index is 6.02. The lowest BCUT2D eigenvalue weighted by Gasteiger charge is -2.28. The van der Waals surface area contributed by atoms with Crippen molar-refractivity contribution in [3.05, 3.63) is 29.3 Å². The van der Waals surface area contributed by atoms with Crippen molar-refractivity contribution in [1.29, 1.82) is 0 Å². The average molecular weight is 287 g/mol. The first-order chi connectivity index (χ1) is 10.00. The van der Waals surface area contributed by atoms with Gasteiger partial charge < -0.3 is 10.1 Å². The Labute approximate surface area is 129 Å². The van der Waals surface area contributed by atoms with Crippen LogP contribution in [0, 0.1) is 11.8 Å². The minimum absolute atomic E-state index is 0.0463. The van der Waals surface area contributed by atoms with Gasteiger partial charge in [0, 0.05) is 12.5 Å². The van der Waals surface area contributed by atoms with E-state index in [0.717, 1.165) is 30.6 Å². The van der Waals surface area contributed by atoms with Gasteiger partial charge in [-0.05, 0) is 55.8 Å². The van der Waals surface area contributed by atoms with E-state index in [2.05, 4.69) is 51.2 Å². The summed E-state index contributed by atoms with van der Waals surface area (Å²) in [5, 5.41) is 3.74. The molecule has 1 saturated carbocycles. The van der Waals surface area contributed by atoms with Crippen molar-refractivity contribution in [3.63, 3.8) is 0 Å². The highest BCUT2D eigenvalue weighted by Crippen LogP contribution is 2.42. The molecule has 2 aliphatic rings. The molecule has 21 heavy (non-hydrogen) atoms. The van der Waals surface area contributed by atoms with E-state index < -0.39 is 0 Å². The van der Waals surface area contributed by atoms with Crippen LogP contribution in [0.25, 0.3) is 0 Å². The Balaban J connectivity index is 1.87. The first-order valence-electron chi connectivity index (χ1n) is 8.55. The van der Waals surface area contributed by atoms with Crippen LogP contribution >= 0.6 is 0 Å². The number of rotatable bonds is 4. The van der Waals surface area contributed by atoms with Crippen LogP contribution in [0.2, 0.25) is 0 Å². The molecule has 1 aliphatic heterocycles. The molecule has 1 fully saturated rings. The molecule has 0 amide bonds. The molecule has 116 valence electrons. The van der Waals surface area contributed by atoms with Crippen molar-refractivity contribution in [2.24, 2.45) is 11.8 Å². The summed E-state index contributed by atoms with van der Waals surface area (Å²) in [6, 6.07) is 7.35. The van der Waals surface area contributed by atoms with E-state index in [1.807, 2.05) is 0 Å². The lowest BCUT2D eigenvalue weighted by molar-refractivity contribution is 0.138. The molecule has 2 heteroatoms. The number of benzene rings is 1. The lowest BCUT2D eigenvalue weighted by Crippen LogP contribution is -2.29. The fourth-order valence-corrected chi connectivity index (χ4v) is 4.23. The Morgan fingerprint density at radius 3 is 2.81 bits per heavy atom. The second kappa shape index (κ2) is 5.64. The first kappa shape index (κ1) is 14.9. The second-order valence-corrected chi connectivity index (χ2v) is 7.51. The smallest absolute Gasteiger partial charge is 0.123 e. The Morgan fingerprint density at radius 2 is 2.14 bits per heavy atom. The molecule has 1 aliphatic carbocycles. The van der Waals surface area contributed by atoms with Crippen LogP contribution in [0.4, 0.5) is 0 Å². The molecule has 0 radical (unpaired) electrons. The highest BCUT2D eigenvalue weighted by Gasteiger charge is 2.34. The van der Waals surface area contributed by atoms with Crippen molar-refractivity contribution >= 4 is 0 Å². The molecule has 3 atom stereocenters. The standard InChI is InChI=1S/C19H29NO/c1-5-20-18(16-8-6-7-13(16)2)14-9-10-17-15(11-14)12-19(3,4)21-17/h9-11,13,16,18,20H,5-8,12H2,1-4H3. The molecule has 0 saturated heterocycles. The maximum absolute atomic E-state index is 6.02. The molecule has 1 N–H and O–H groups in total. The number of hydrogen-bond acceptors (Lipinski definition) is 2. The van der Waals surface area contributed by atoms with Crippen molar-refractivity contribution in [2.45, 2.75) is 65.0 Å². The summed E-state index contributed by atoms with van der Waals surface area (Å²) >= 11 is 0. The summed E-state index contributed by atoms with van der Waals surface area (Å²) in [4.78, 5) is 0. The van der Waals surface area contributed by atoms with E-state index in [1.165, 1.54) is 30.4 Å². The fourth-order valence-electron chi connectivity index (χ4n) is 4.23. The topological polar surface area (TPSA) is 21.3 Å². The molecule has 0 spiro atoms. The number of hydrogen-bond donors (Lipinski definition) is 1. The van der Waals surface area contributed by atoms with Gasteiger partial charge in [0.05, 0.1) is 0 Å². The summed E-state index contributed by atoms with van der Waals surface area (Å²) < 4.78 is 6.02. The molecule has 0 aromatic heterocycles. The largest absolute Gasteiger partial charge is 0.487 e. The van der Waals surface area contributed by atoms with Gasteiger partial charge in [0.1, 0.15) is 11.4 Å². The monoisotopic (exact) mass is 287 g/mol. The van der Waals surface area contributed by atoms with E-state index in [4.69, 9.17) is 4.74 Å². The third-order valence-electron chi connectivity index (χ3n) is 5.23. The van der Waals surface area contributed by atoms with E-state index in [0.29, 0.717) is 6.04 Å². The van der Waals surface area contributed by atoms with Gasteiger partial charge in [-0.25, -0.2) is 0 Å². The number of ether oxygens (including phenoxy) is 1. The minimum Gasteiger partial charge on any atom is -0.487 e. The van der Waals surface area contributed by atoms with Crippen LogP contribution < -0.4 is 10.1 Å². The Hall–Kier alpha value is -1.02. The Kier molecular flexibility index (Phi) is 4.00. The van der Waals surface area contributed by atoms with Crippen LogP contribution in [0.5, 0.6) is 5.75 Å². The van der Waals surface area contributed by atoms with E-state index in [1.54, 1.807) is 0 Å². The zero-order valence-electron chi connectivity index (χ0n) is 13.9. The zero-order valence-corrected chi connectivity index (χ0v) is 13.9.